The van der Waals surface area contributed by atoms with Crippen LogP contribution in [0.4, 0.5) is 11.4 Å². The second kappa shape index (κ2) is 5.81. The van der Waals surface area contributed by atoms with E-state index in [-0.39, 0.29) is 5.69 Å². The Morgan fingerprint density at radius 3 is 2.90 bits per heavy atom. The Kier molecular flexibility index (Phi) is 4.11. The number of hydrogen-bond acceptors (Lipinski definition) is 6. The zero-order valence-electron chi connectivity index (χ0n) is 11.0. The summed E-state index contributed by atoms with van der Waals surface area (Å²) in [6.07, 6.45) is 0.871. The summed E-state index contributed by atoms with van der Waals surface area (Å²) >= 11 is 0. The molecule has 0 amide bonds. The number of pyridine rings is 1. The van der Waals surface area contributed by atoms with E-state index in [0.717, 1.165) is 0 Å². The van der Waals surface area contributed by atoms with E-state index < -0.39 is 17.1 Å². The van der Waals surface area contributed by atoms with Gasteiger partial charge in [0.05, 0.1) is 11.0 Å². The summed E-state index contributed by atoms with van der Waals surface area (Å²) in [6.45, 7) is 1.97. The fourth-order valence-electron chi connectivity index (χ4n) is 1.86. The number of aliphatic hydroxyl groups excluding tert-OH is 1. The predicted molar refractivity (Wildman–Crippen MR) is 76.5 cm³/mol. The van der Waals surface area contributed by atoms with Crippen molar-refractivity contribution in [1.29, 1.82) is 0 Å². The Hall–Kier alpha value is -2.25. The van der Waals surface area contributed by atoms with Gasteiger partial charge >= 0.3 is 0 Å². The highest BCUT2D eigenvalue weighted by molar-refractivity contribution is 5.96. The van der Waals surface area contributed by atoms with Gasteiger partial charge in [0, 0.05) is 35.9 Å². The fourth-order valence-corrected chi connectivity index (χ4v) is 1.86. The molecule has 7 nitrogen and oxygen atoms in total. The van der Waals surface area contributed by atoms with Crippen molar-refractivity contribution in [1.82, 2.24) is 4.98 Å². The van der Waals surface area contributed by atoms with Crippen molar-refractivity contribution in [2.45, 2.75) is 19.1 Å². The molecule has 4 N–H and O–H groups in total. The second-order valence-electron chi connectivity index (χ2n) is 4.57. The highest BCUT2D eigenvalue weighted by Gasteiger charge is 2.15. The maximum Gasteiger partial charge on any atom is 0.295 e. The third-order valence-electron chi connectivity index (χ3n) is 3.09. The van der Waals surface area contributed by atoms with Gasteiger partial charge in [0.1, 0.15) is 5.52 Å². The first kappa shape index (κ1) is 14.2. The fraction of sp³-hybridized carbons (Fsp3) is 0.308. The van der Waals surface area contributed by atoms with E-state index in [0.29, 0.717) is 23.1 Å². The number of hydrogen-bond donors (Lipinski definition) is 3. The number of nitrogens with one attached hydrogen (secondary N) is 1. The van der Waals surface area contributed by atoms with Crippen molar-refractivity contribution >= 4 is 22.3 Å². The number of para-hydroxylation sites is 1. The Balaban J connectivity index is 2.35. The highest BCUT2D eigenvalue weighted by Crippen LogP contribution is 2.28. The number of nitrogens with zero attached hydrogens (tertiary/aromatic N) is 2. The maximum absolute atomic E-state index is 11.0. The van der Waals surface area contributed by atoms with Crippen LogP contribution in [0, 0.1) is 10.1 Å². The first-order chi connectivity index (χ1) is 9.50. The van der Waals surface area contributed by atoms with Crippen molar-refractivity contribution in [3.8, 4) is 0 Å². The van der Waals surface area contributed by atoms with Gasteiger partial charge in [-0.3, -0.25) is 10.1 Å². The van der Waals surface area contributed by atoms with Gasteiger partial charge in [-0.15, -0.1) is 0 Å². The van der Waals surface area contributed by atoms with Crippen LogP contribution in [0.1, 0.15) is 6.92 Å². The van der Waals surface area contributed by atoms with Crippen LogP contribution in [0.3, 0.4) is 0 Å². The minimum absolute atomic E-state index is 0.0361. The number of nitro benzene ring substituents is 1. The van der Waals surface area contributed by atoms with Crippen molar-refractivity contribution in [3.63, 3.8) is 0 Å². The smallest absolute Gasteiger partial charge is 0.295 e. The normalized spacial score (nSPS) is 13.9. The van der Waals surface area contributed by atoms with Gasteiger partial charge in [0.15, 0.2) is 0 Å². The largest absolute Gasteiger partial charge is 0.392 e. The van der Waals surface area contributed by atoms with Crippen LogP contribution < -0.4 is 11.1 Å². The van der Waals surface area contributed by atoms with Gasteiger partial charge in [0.25, 0.3) is 5.69 Å². The van der Waals surface area contributed by atoms with Gasteiger partial charge in [-0.05, 0) is 13.0 Å². The number of aromatic nitrogens is 1. The Morgan fingerprint density at radius 2 is 2.25 bits per heavy atom. The molecular formula is C13H16N4O3. The summed E-state index contributed by atoms with van der Waals surface area (Å²) in [4.78, 5) is 14.6. The molecule has 0 aliphatic heterocycles. The van der Waals surface area contributed by atoms with Crippen LogP contribution in [0.15, 0.2) is 30.5 Å². The van der Waals surface area contributed by atoms with E-state index in [9.17, 15) is 15.2 Å². The van der Waals surface area contributed by atoms with Gasteiger partial charge in [0.2, 0.25) is 0 Å². The molecule has 106 valence electrons. The molecule has 1 heterocycles. The molecule has 0 saturated heterocycles. The minimum Gasteiger partial charge on any atom is -0.392 e. The van der Waals surface area contributed by atoms with E-state index in [4.69, 9.17) is 5.73 Å². The van der Waals surface area contributed by atoms with Crippen LogP contribution in [-0.2, 0) is 0 Å². The molecule has 0 aliphatic rings. The van der Waals surface area contributed by atoms with Crippen LogP contribution in [0.2, 0.25) is 0 Å². The van der Waals surface area contributed by atoms with E-state index in [1.54, 1.807) is 25.1 Å². The van der Waals surface area contributed by atoms with Crippen LogP contribution >= 0.6 is 0 Å². The molecule has 1 aromatic heterocycles. The summed E-state index contributed by atoms with van der Waals surface area (Å²) in [5, 5.41) is 24.1. The summed E-state index contributed by atoms with van der Waals surface area (Å²) in [5.74, 6) is 0. The van der Waals surface area contributed by atoms with Gasteiger partial charge in [-0.25, -0.2) is 4.98 Å². The molecule has 2 rings (SSSR count). The van der Waals surface area contributed by atoms with Crippen molar-refractivity contribution < 1.29 is 10.0 Å². The third kappa shape index (κ3) is 2.84. The molecular weight excluding hydrogens is 260 g/mol. The maximum atomic E-state index is 11.0. The van der Waals surface area contributed by atoms with E-state index >= 15 is 0 Å². The summed E-state index contributed by atoms with van der Waals surface area (Å²) in [6, 6.07) is 6.09. The number of benzene rings is 1. The lowest BCUT2D eigenvalue weighted by molar-refractivity contribution is -0.383. The Morgan fingerprint density at radius 1 is 1.50 bits per heavy atom. The number of nitrogens with two attached hydrogens (primary N) is 1. The number of aliphatic hydroxyl groups is 1. The number of fused-ring (bicyclic) bond motifs is 1. The average molecular weight is 276 g/mol. The molecule has 1 aromatic carbocycles. The quantitative estimate of drug-likeness (QED) is 0.559. The average Bonchev–Trinajstić information content (AvgIpc) is 2.43. The molecule has 0 radical (unpaired) electrons. The molecule has 0 bridgehead atoms. The molecule has 0 saturated carbocycles. The number of non-ortho nitro benzene ring substituents is 1. The van der Waals surface area contributed by atoms with Crippen LogP contribution in [-0.4, -0.2) is 33.7 Å². The Labute approximate surface area is 115 Å². The van der Waals surface area contributed by atoms with Crippen molar-refractivity contribution in [3.05, 3.63) is 40.6 Å². The molecule has 0 aliphatic carbocycles. The molecule has 2 atom stereocenters. The zero-order valence-corrected chi connectivity index (χ0v) is 11.0. The molecule has 2 unspecified atom stereocenters. The predicted octanol–water partition coefficient (Wildman–Crippen LogP) is 1.26. The molecule has 7 heteroatoms. The lowest BCUT2D eigenvalue weighted by Crippen LogP contribution is -2.38. The topological polar surface area (TPSA) is 114 Å². The van der Waals surface area contributed by atoms with Gasteiger partial charge in [-0.2, -0.15) is 0 Å². The SMILES string of the molecule is CC(O)C(N)CNc1ccnc2c([N+](=O)[O-])cccc12. The zero-order chi connectivity index (χ0) is 14.7. The number of rotatable bonds is 5. The molecule has 20 heavy (non-hydrogen) atoms. The summed E-state index contributed by atoms with van der Waals surface area (Å²) in [7, 11) is 0. The number of nitro groups is 1. The van der Waals surface area contributed by atoms with Gasteiger partial charge in [-0.1, -0.05) is 12.1 Å². The Bertz CT molecular complexity index is 630. The van der Waals surface area contributed by atoms with Gasteiger partial charge < -0.3 is 16.2 Å². The van der Waals surface area contributed by atoms with E-state index in [1.165, 1.54) is 12.3 Å². The monoisotopic (exact) mass is 276 g/mol. The summed E-state index contributed by atoms with van der Waals surface area (Å²) < 4.78 is 0. The van der Waals surface area contributed by atoms with Crippen molar-refractivity contribution in [2.75, 3.05) is 11.9 Å². The third-order valence-corrected chi connectivity index (χ3v) is 3.09. The molecule has 0 fully saturated rings. The van der Waals surface area contributed by atoms with Crippen LogP contribution in [0.25, 0.3) is 10.9 Å². The first-order valence-corrected chi connectivity index (χ1v) is 6.20. The van der Waals surface area contributed by atoms with E-state index in [2.05, 4.69) is 10.3 Å². The van der Waals surface area contributed by atoms with E-state index in [1.807, 2.05) is 0 Å². The molecule has 2 aromatic rings. The lowest BCUT2D eigenvalue weighted by atomic mass is 10.1. The summed E-state index contributed by atoms with van der Waals surface area (Å²) in [5.41, 5.74) is 6.74. The highest BCUT2D eigenvalue weighted by atomic mass is 16.6. The van der Waals surface area contributed by atoms with Crippen molar-refractivity contribution in [2.24, 2.45) is 5.73 Å². The molecule has 0 spiro atoms. The minimum atomic E-state index is -0.634. The second-order valence-corrected chi connectivity index (χ2v) is 4.57. The first-order valence-electron chi connectivity index (χ1n) is 6.20. The lowest BCUT2D eigenvalue weighted by Gasteiger charge is -2.17. The number of anilines is 1. The van der Waals surface area contributed by atoms with Crippen LogP contribution in [0.5, 0.6) is 0 Å². The standard InChI is InChI=1S/C13H16N4O3/c1-8(18)10(14)7-16-11-5-6-15-13-9(11)3-2-4-12(13)17(19)20/h2-6,8,10,18H,7,14H2,1H3,(H,15,16).